The summed E-state index contributed by atoms with van der Waals surface area (Å²) in [6.07, 6.45) is 1.17. The lowest BCUT2D eigenvalue weighted by Crippen LogP contribution is -2.58. The molecule has 38 heavy (non-hydrogen) atoms. The van der Waals surface area contributed by atoms with Crippen molar-refractivity contribution < 1.29 is 19.1 Å². The molecule has 1 aliphatic rings. The number of benzene rings is 3. The summed E-state index contributed by atoms with van der Waals surface area (Å²) in [5, 5.41) is 0.661. The fraction of sp³-hybridized carbons (Fsp3) is 0.355. The van der Waals surface area contributed by atoms with Gasteiger partial charge in [0.05, 0.1) is 19.6 Å². The van der Waals surface area contributed by atoms with Crippen molar-refractivity contribution in [2.45, 2.75) is 38.3 Å². The Balaban J connectivity index is 1.47. The van der Waals surface area contributed by atoms with E-state index in [0.29, 0.717) is 43.3 Å². The van der Waals surface area contributed by atoms with E-state index in [2.05, 4.69) is 0 Å². The van der Waals surface area contributed by atoms with Crippen molar-refractivity contribution in [1.29, 1.82) is 0 Å². The Bertz CT molecular complexity index is 1220. The number of hydrogen-bond acceptors (Lipinski definition) is 4. The van der Waals surface area contributed by atoms with E-state index in [9.17, 15) is 9.59 Å². The van der Waals surface area contributed by atoms with Gasteiger partial charge >= 0.3 is 0 Å². The van der Waals surface area contributed by atoms with Gasteiger partial charge in [-0.3, -0.25) is 9.59 Å². The molecule has 1 unspecified atom stereocenters. The van der Waals surface area contributed by atoms with Gasteiger partial charge in [-0.15, -0.1) is 0 Å². The Morgan fingerprint density at radius 1 is 1.03 bits per heavy atom. The lowest BCUT2D eigenvalue weighted by Gasteiger charge is -2.42. The van der Waals surface area contributed by atoms with Gasteiger partial charge in [0.15, 0.2) is 0 Å². The SMILES string of the molecule is Cc1cc(OCC2(CC(=O)N(C)Cc3ccccc3)CN(C(=O)CCc3ccccc3)CCO2)ccc1Cl. The molecule has 0 spiro atoms. The van der Waals surface area contributed by atoms with Crippen LogP contribution in [0.5, 0.6) is 5.75 Å². The zero-order valence-corrected chi connectivity index (χ0v) is 22.8. The highest BCUT2D eigenvalue weighted by molar-refractivity contribution is 6.31. The minimum atomic E-state index is -0.962. The van der Waals surface area contributed by atoms with Crippen molar-refractivity contribution in [3.8, 4) is 5.75 Å². The second-order valence-corrected chi connectivity index (χ2v) is 10.4. The fourth-order valence-corrected chi connectivity index (χ4v) is 4.75. The monoisotopic (exact) mass is 534 g/mol. The Labute approximate surface area is 230 Å². The van der Waals surface area contributed by atoms with E-state index < -0.39 is 5.60 Å². The third-order valence-corrected chi connectivity index (χ3v) is 7.29. The molecule has 0 aromatic heterocycles. The first-order valence-corrected chi connectivity index (χ1v) is 13.3. The van der Waals surface area contributed by atoms with Gasteiger partial charge < -0.3 is 19.3 Å². The topological polar surface area (TPSA) is 59.1 Å². The van der Waals surface area contributed by atoms with E-state index in [4.69, 9.17) is 21.1 Å². The number of nitrogens with zero attached hydrogens (tertiary/aromatic N) is 2. The van der Waals surface area contributed by atoms with Crippen LogP contribution in [-0.4, -0.2) is 60.6 Å². The Hall–Kier alpha value is -3.35. The minimum Gasteiger partial charge on any atom is -0.490 e. The van der Waals surface area contributed by atoms with Crippen molar-refractivity contribution in [1.82, 2.24) is 9.80 Å². The van der Waals surface area contributed by atoms with Crippen LogP contribution in [0.4, 0.5) is 0 Å². The molecule has 6 nitrogen and oxygen atoms in total. The molecular weight excluding hydrogens is 500 g/mol. The molecular formula is C31H35ClN2O4. The third-order valence-electron chi connectivity index (χ3n) is 6.86. The average molecular weight is 535 g/mol. The molecule has 1 fully saturated rings. The molecule has 3 aromatic rings. The third kappa shape index (κ3) is 7.59. The first-order chi connectivity index (χ1) is 18.3. The highest BCUT2D eigenvalue weighted by atomic mass is 35.5. The number of carbonyl (C=O) groups excluding carboxylic acids is 2. The number of ether oxygens (including phenoxy) is 2. The summed E-state index contributed by atoms with van der Waals surface area (Å²) in [5.41, 5.74) is 2.11. The zero-order chi connectivity index (χ0) is 27.0. The van der Waals surface area contributed by atoms with Crippen LogP contribution >= 0.6 is 11.6 Å². The number of hydrogen-bond donors (Lipinski definition) is 0. The number of rotatable bonds is 10. The molecule has 2 amide bonds. The molecule has 4 rings (SSSR count). The lowest BCUT2D eigenvalue weighted by atomic mass is 9.96. The first-order valence-electron chi connectivity index (χ1n) is 13.0. The predicted octanol–water partition coefficient (Wildman–Crippen LogP) is 5.31. The maximum atomic E-state index is 13.4. The summed E-state index contributed by atoms with van der Waals surface area (Å²) in [6.45, 7) is 3.67. The second kappa shape index (κ2) is 12.9. The van der Waals surface area contributed by atoms with Crippen LogP contribution < -0.4 is 4.74 Å². The molecule has 7 heteroatoms. The number of amides is 2. The lowest BCUT2D eigenvalue weighted by molar-refractivity contribution is -0.165. The second-order valence-electron chi connectivity index (χ2n) is 9.94. The van der Waals surface area contributed by atoms with Crippen LogP contribution in [0.1, 0.15) is 29.5 Å². The minimum absolute atomic E-state index is 0.0500. The van der Waals surface area contributed by atoms with Crippen LogP contribution in [0.2, 0.25) is 5.02 Å². The van der Waals surface area contributed by atoms with Gasteiger partial charge in [0, 0.05) is 31.6 Å². The van der Waals surface area contributed by atoms with Gasteiger partial charge in [0.25, 0.3) is 0 Å². The number of morpholine rings is 1. The van der Waals surface area contributed by atoms with Crippen molar-refractivity contribution in [2.75, 3.05) is 33.4 Å². The molecule has 0 radical (unpaired) electrons. The highest BCUT2D eigenvalue weighted by Crippen LogP contribution is 2.28. The summed E-state index contributed by atoms with van der Waals surface area (Å²) in [6, 6.07) is 25.3. The average Bonchev–Trinajstić information content (AvgIpc) is 2.93. The first kappa shape index (κ1) is 27.7. The summed E-state index contributed by atoms with van der Waals surface area (Å²) in [5.74, 6) is 0.629. The number of halogens is 1. The summed E-state index contributed by atoms with van der Waals surface area (Å²) in [7, 11) is 1.79. The van der Waals surface area contributed by atoms with E-state index in [-0.39, 0.29) is 31.4 Å². The zero-order valence-electron chi connectivity index (χ0n) is 22.1. The number of aryl methyl sites for hydroxylation is 2. The summed E-state index contributed by atoms with van der Waals surface area (Å²) in [4.78, 5) is 30.1. The standard InChI is InChI=1S/C31H35ClN2O4/c1-24-19-27(14-15-28(24)32)37-23-31(20-30(36)33(2)21-26-11-7-4-8-12-26)22-34(17-18-38-31)29(35)16-13-25-9-5-3-6-10-25/h3-12,14-15,19H,13,16-18,20-23H2,1-2H3. The number of carbonyl (C=O) groups is 2. The molecule has 0 N–H and O–H groups in total. The van der Waals surface area contributed by atoms with Crippen molar-refractivity contribution >= 4 is 23.4 Å². The molecule has 1 aliphatic heterocycles. The molecule has 1 atom stereocenters. The van der Waals surface area contributed by atoms with Crippen LogP contribution in [0.25, 0.3) is 0 Å². The quantitative estimate of drug-likeness (QED) is 0.354. The molecule has 0 aliphatic carbocycles. The molecule has 0 bridgehead atoms. The van der Waals surface area contributed by atoms with Gasteiger partial charge in [-0.25, -0.2) is 0 Å². The van der Waals surface area contributed by atoms with Gasteiger partial charge in [-0.2, -0.15) is 0 Å². The van der Waals surface area contributed by atoms with Gasteiger partial charge in [-0.1, -0.05) is 72.3 Å². The fourth-order valence-electron chi connectivity index (χ4n) is 4.63. The Morgan fingerprint density at radius 3 is 2.39 bits per heavy atom. The van der Waals surface area contributed by atoms with E-state index in [1.165, 1.54) is 0 Å². The predicted molar refractivity (Wildman–Crippen MR) is 149 cm³/mol. The summed E-state index contributed by atoms with van der Waals surface area (Å²) < 4.78 is 12.4. The van der Waals surface area contributed by atoms with Gasteiger partial charge in [0.1, 0.15) is 18.0 Å². The molecule has 200 valence electrons. The van der Waals surface area contributed by atoms with E-state index in [0.717, 1.165) is 16.7 Å². The molecule has 0 saturated carbocycles. The van der Waals surface area contributed by atoms with E-state index in [1.807, 2.05) is 78.6 Å². The highest BCUT2D eigenvalue weighted by Gasteiger charge is 2.42. The maximum absolute atomic E-state index is 13.4. The van der Waals surface area contributed by atoms with E-state index in [1.54, 1.807) is 24.1 Å². The summed E-state index contributed by atoms with van der Waals surface area (Å²) >= 11 is 6.18. The van der Waals surface area contributed by atoms with Crippen LogP contribution in [0, 0.1) is 6.92 Å². The molecule has 1 saturated heterocycles. The van der Waals surface area contributed by atoms with Crippen molar-refractivity contribution in [3.63, 3.8) is 0 Å². The largest absolute Gasteiger partial charge is 0.490 e. The van der Waals surface area contributed by atoms with Crippen molar-refractivity contribution in [2.24, 2.45) is 0 Å². The molecule has 1 heterocycles. The smallest absolute Gasteiger partial charge is 0.225 e. The van der Waals surface area contributed by atoms with Gasteiger partial charge in [0.2, 0.25) is 11.8 Å². The molecule has 3 aromatic carbocycles. The van der Waals surface area contributed by atoms with Gasteiger partial charge in [-0.05, 0) is 48.2 Å². The van der Waals surface area contributed by atoms with Crippen LogP contribution in [-0.2, 0) is 27.3 Å². The van der Waals surface area contributed by atoms with Crippen LogP contribution in [0.15, 0.2) is 78.9 Å². The van der Waals surface area contributed by atoms with Crippen LogP contribution in [0.3, 0.4) is 0 Å². The Kier molecular flexibility index (Phi) is 9.43. The normalized spacial score (nSPS) is 17.2. The van der Waals surface area contributed by atoms with Crippen molar-refractivity contribution in [3.05, 3.63) is 101 Å². The van der Waals surface area contributed by atoms with E-state index >= 15 is 0 Å². The Morgan fingerprint density at radius 2 is 1.71 bits per heavy atom. The maximum Gasteiger partial charge on any atom is 0.225 e.